The Kier molecular flexibility index (Phi) is 7.40. The van der Waals surface area contributed by atoms with Gasteiger partial charge in [-0.3, -0.25) is 4.79 Å². The van der Waals surface area contributed by atoms with Crippen molar-refractivity contribution in [1.29, 1.82) is 0 Å². The van der Waals surface area contributed by atoms with E-state index in [9.17, 15) is 13.2 Å². The molecule has 1 aliphatic carbocycles. The number of hydrogen-bond donors (Lipinski definition) is 1. The highest BCUT2D eigenvalue weighted by molar-refractivity contribution is 7.89. The molecule has 25 heavy (non-hydrogen) atoms. The lowest BCUT2D eigenvalue weighted by atomic mass is 10.2. The number of nitrogens with zero attached hydrogens (tertiary/aromatic N) is 1. The smallest absolute Gasteiger partial charge is 0.251 e. The van der Waals surface area contributed by atoms with Crippen LogP contribution in [-0.2, 0) is 14.8 Å². The van der Waals surface area contributed by atoms with Gasteiger partial charge in [-0.2, -0.15) is 4.31 Å². The van der Waals surface area contributed by atoms with Crippen LogP contribution in [0.2, 0.25) is 0 Å². The average Bonchev–Trinajstić information content (AvgIpc) is 3.43. The Morgan fingerprint density at radius 2 is 2.00 bits per heavy atom. The molecule has 0 aromatic heterocycles. The maximum atomic E-state index is 12.5. The van der Waals surface area contributed by atoms with Crippen molar-refractivity contribution in [2.45, 2.75) is 38.0 Å². The van der Waals surface area contributed by atoms with Crippen molar-refractivity contribution in [3.05, 3.63) is 29.8 Å². The van der Waals surface area contributed by atoms with E-state index < -0.39 is 10.0 Å². The zero-order valence-electron chi connectivity index (χ0n) is 15.0. The first-order chi connectivity index (χ1) is 12.0. The molecular weight excluding hydrogens is 340 g/mol. The van der Waals surface area contributed by atoms with Crippen molar-refractivity contribution in [2.24, 2.45) is 5.92 Å². The van der Waals surface area contributed by atoms with Crippen LogP contribution in [0.1, 0.15) is 43.5 Å². The van der Waals surface area contributed by atoms with Crippen molar-refractivity contribution >= 4 is 15.9 Å². The second-order valence-corrected chi connectivity index (χ2v) is 8.18. The number of rotatable bonds is 11. The van der Waals surface area contributed by atoms with Crippen LogP contribution in [0, 0.1) is 5.92 Å². The molecule has 0 saturated heterocycles. The molecule has 1 aliphatic rings. The van der Waals surface area contributed by atoms with Crippen LogP contribution < -0.4 is 5.32 Å². The van der Waals surface area contributed by atoms with E-state index in [4.69, 9.17) is 4.74 Å². The third-order valence-electron chi connectivity index (χ3n) is 4.24. The highest BCUT2D eigenvalue weighted by Gasteiger charge is 2.22. The third-order valence-corrected chi connectivity index (χ3v) is 6.29. The van der Waals surface area contributed by atoms with Gasteiger partial charge < -0.3 is 10.1 Å². The Hall–Kier alpha value is -1.44. The van der Waals surface area contributed by atoms with E-state index in [-0.39, 0.29) is 10.8 Å². The van der Waals surface area contributed by atoms with E-state index in [1.165, 1.54) is 29.3 Å². The van der Waals surface area contributed by atoms with Gasteiger partial charge in [0.05, 0.1) is 4.90 Å². The molecule has 0 bridgehead atoms. The molecule has 6 nitrogen and oxygen atoms in total. The lowest BCUT2D eigenvalue weighted by Crippen LogP contribution is -2.31. The van der Waals surface area contributed by atoms with E-state index in [0.717, 1.165) is 18.9 Å². The maximum absolute atomic E-state index is 12.5. The van der Waals surface area contributed by atoms with E-state index in [2.05, 4.69) is 5.32 Å². The average molecular weight is 368 g/mol. The maximum Gasteiger partial charge on any atom is 0.251 e. The molecule has 1 amide bonds. The Labute approximate surface area is 150 Å². The molecule has 1 aromatic carbocycles. The summed E-state index contributed by atoms with van der Waals surface area (Å²) in [7, 11) is -3.56. The molecule has 0 heterocycles. The van der Waals surface area contributed by atoms with E-state index in [1.807, 2.05) is 0 Å². The topological polar surface area (TPSA) is 75.7 Å². The van der Waals surface area contributed by atoms with Crippen LogP contribution in [0.5, 0.6) is 0 Å². The predicted octanol–water partition coefficient (Wildman–Crippen LogP) is 2.26. The Morgan fingerprint density at radius 1 is 1.28 bits per heavy atom. The minimum atomic E-state index is -3.56. The molecule has 0 aliphatic heterocycles. The quantitative estimate of drug-likeness (QED) is 0.608. The summed E-state index contributed by atoms with van der Waals surface area (Å²) in [6.45, 7) is 6.35. The van der Waals surface area contributed by atoms with Crippen molar-refractivity contribution in [1.82, 2.24) is 9.62 Å². The second-order valence-electron chi connectivity index (χ2n) is 6.24. The third kappa shape index (κ3) is 5.80. The number of benzene rings is 1. The zero-order valence-corrected chi connectivity index (χ0v) is 15.8. The minimum Gasteiger partial charge on any atom is -0.381 e. The summed E-state index contributed by atoms with van der Waals surface area (Å²) in [5.41, 5.74) is 0.354. The number of ether oxygens (including phenoxy) is 1. The zero-order chi connectivity index (χ0) is 18.3. The van der Waals surface area contributed by atoms with Gasteiger partial charge in [-0.15, -0.1) is 0 Å². The van der Waals surface area contributed by atoms with Gasteiger partial charge in [-0.1, -0.05) is 19.9 Å². The molecule has 1 saturated carbocycles. The molecule has 0 unspecified atom stereocenters. The van der Waals surface area contributed by atoms with E-state index in [1.54, 1.807) is 26.0 Å². The fourth-order valence-corrected chi connectivity index (χ4v) is 4.03. The molecule has 0 spiro atoms. The Balaban J connectivity index is 1.87. The summed E-state index contributed by atoms with van der Waals surface area (Å²) in [5.74, 6) is 0.476. The van der Waals surface area contributed by atoms with Crippen molar-refractivity contribution in [2.75, 3.05) is 32.8 Å². The first kappa shape index (κ1) is 19.9. The predicted molar refractivity (Wildman–Crippen MR) is 97.0 cm³/mol. The largest absolute Gasteiger partial charge is 0.381 e. The molecular formula is C18H28N2O4S. The molecule has 1 fully saturated rings. The van der Waals surface area contributed by atoms with E-state index in [0.29, 0.717) is 31.8 Å². The lowest BCUT2D eigenvalue weighted by molar-refractivity contribution is 0.0937. The number of carbonyl (C=O) groups excluding carboxylic acids is 1. The van der Waals surface area contributed by atoms with E-state index >= 15 is 0 Å². The second kappa shape index (κ2) is 9.31. The molecule has 2 rings (SSSR count). The van der Waals surface area contributed by atoms with Gasteiger partial charge in [0.1, 0.15) is 0 Å². The Morgan fingerprint density at radius 3 is 2.64 bits per heavy atom. The standard InChI is InChI=1S/C18H28N2O4S/c1-3-20(4-2)25(22,23)17-8-5-7-16(13-17)18(21)19-11-6-12-24-14-15-9-10-15/h5,7-8,13,15H,3-4,6,9-12,14H2,1-2H3,(H,19,21). The van der Waals surface area contributed by atoms with Gasteiger partial charge in [0, 0.05) is 38.4 Å². The van der Waals surface area contributed by atoms with Gasteiger partial charge in [0.15, 0.2) is 0 Å². The van der Waals surface area contributed by atoms with Crippen LogP contribution in [0.25, 0.3) is 0 Å². The monoisotopic (exact) mass is 368 g/mol. The molecule has 0 atom stereocenters. The van der Waals surface area contributed by atoms with Gasteiger partial charge in [0.25, 0.3) is 5.91 Å². The van der Waals surface area contributed by atoms with Crippen LogP contribution in [-0.4, -0.2) is 51.5 Å². The van der Waals surface area contributed by atoms with Crippen molar-refractivity contribution in [3.8, 4) is 0 Å². The van der Waals surface area contributed by atoms with Crippen molar-refractivity contribution in [3.63, 3.8) is 0 Å². The van der Waals surface area contributed by atoms with Crippen LogP contribution in [0.4, 0.5) is 0 Å². The summed E-state index contributed by atoms with van der Waals surface area (Å²) in [6.07, 6.45) is 3.28. The summed E-state index contributed by atoms with van der Waals surface area (Å²) in [5, 5.41) is 2.81. The fourth-order valence-electron chi connectivity index (χ4n) is 2.52. The molecule has 0 radical (unpaired) electrons. The minimum absolute atomic E-state index is 0.150. The summed E-state index contributed by atoms with van der Waals surface area (Å²) < 4.78 is 32.0. The summed E-state index contributed by atoms with van der Waals surface area (Å²) in [4.78, 5) is 12.4. The van der Waals surface area contributed by atoms with Crippen LogP contribution >= 0.6 is 0 Å². The molecule has 1 aromatic rings. The number of nitrogens with one attached hydrogen (secondary N) is 1. The number of amides is 1. The Bertz CT molecular complexity index is 667. The highest BCUT2D eigenvalue weighted by atomic mass is 32.2. The summed E-state index contributed by atoms with van der Waals surface area (Å²) in [6, 6.07) is 6.19. The SMILES string of the molecule is CCN(CC)S(=O)(=O)c1cccc(C(=O)NCCCOCC2CC2)c1. The number of hydrogen-bond acceptors (Lipinski definition) is 4. The van der Waals surface area contributed by atoms with Crippen molar-refractivity contribution < 1.29 is 17.9 Å². The van der Waals surface area contributed by atoms with Gasteiger partial charge >= 0.3 is 0 Å². The van der Waals surface area contributed by atoms with Gasteiger partial charge in [-0.05, 0) is 43.4 Å². The number of sulfonamides is 1. The highest BCUT2D eigenvalue weighted by Crippen LogP contribution is 2.28. The van der Waals surface area contributed by atoms with Crippen LogP contribution in [0.15, 0.2) is 29.2 Å². The van der Waals surface area contributed by atoms with Gasteiger partial charge in [0.2, 0.25) is 10.0 Å². The van der Waals surface area contributed by atoms with Gasteiger partial charge in [-0.25, -0.2) is 8.42 Å². The normalized spacial score (nSPS) is 14.7. The molecule has 7 heteroatoms. The summed E-state index contributed by atoms with van der Waals surface area (Å²) >= 11 is 0. The fraction of sp³-hybridized carbons (Fsp3) is 0.611. The first-order valence-electron chi connectivity index (χ1n) is 8.95. The molecule has 140 valence electrons. The molecule has 1 N–H and O–H groups in total. The first-order valence-corrected chi connectivity index (χ1v) is 10.4. The lowest BCUT2D eigenvalue weighted by Gasteiger charge is -2.18. The van der Waals surface area contributed by atoms with Crippen LogP contribution in [0.3, 0.4) is 0 Å². The number of carbonyl (C=O) groups is 1.